The van der Waals surface area contributed by atoms with Crippen LogP contribution in [0.15, 0.2) is 63.7 Å². The Kier molecular flexibility index (Phi) is 6.54. The average Bonchev–Trinajstić information content (AvgIpc) is 3.11. The first-order chi connectivity index (χ1) is 13.8. The molecule has 0 aliphatic carbocycles. The summed E-state index contributed by atoms with van der Waals surface area (Å²) < 4.78 is 5.73. The predicted molar refractivity (Wildman–Crippen MR) is 117 cm³/mol. The maximum atomic E-state index is 12.4. The van der Waals surface area contributed by atoms with Gasteiger partial charge in [-0.2, -0.15) is 0 Å². The van der Waals surface area contributed by atoms with Crippen molar-refractivity contribution in [2.24, 2.45) is 0 Å². The molecule has 150 valence electrons. The highest BCUT2D eigenvalue weighted by atomic mass is 79.9. The van der Waals surface area contributed by atoms with Gasteiger partial charge in [0.05, 0.1) is 12.5 Å². The van der Waals surface area contributed by atoms with Gasteiger partial charge in [0.25, 0.3) is 5.91 Å². The van der Waals surface area contributed by atoms with E-state index in [2.05, 4.69) is 44.8 Å². The van der Waals surface area contributed by atoms with Crippen molar-refractivity contribution in [3.63, 3.8) is 0 Å². The Morgan fingerprint density at radius 3 is 2.41 bits per heavy atom. The first-order valence-electron chi connectivity index (χ1n) is 9.34. The van der Waals surface area contributed by atoms with E-state index in [-0.39, 0.29) is 30.0 Å². The molecule has 0 spiro atoms. The van der Waals surface area contributed by atoms with E-state index >= 15 is 0 Å². The smallest absolute Gasteiger partial charge is 0.291 e. The van der Waals surface area contributed by atoms with E-state index in [1.165, 1.54) is 5.56 Å². The average molecular weight is 455 g/mol. The van der Waals surface area contributed by atoms with Gasteiger partial charge in [-0.1, -0.05) is 35.9 Å². The van der Waals surface area contributed by atoms with Crippen molar-refractivity contribution in [3.05, 3.63) is 87.3 Å². The molecule has 2 N–H and O–H groups in total. The summed E-state index contributed by atoms with van der Waals surface area (Å²) in [5, 5.41) is 5.82. The van der Waals surface area contributed by atoms with Gasteiger partial charge in [0.2, 0.25) is 5.91 Å². The Morgan fingerprint density at radius 1 is 1.03 bits per heavy atom. The molecule has 3 rings (SSSR count). The molecular formula is C23H23BrN2O3. The lowest BCUT2D eigenvalue weighted by atomic mass is 9.99. The van der Waals surface area contributed by atoms with Crippen molar-refractivity contribution < 1.29 is 14.0 Å². The van der Waals surface area contributed by atoms with E-state index in [0.717, 1.165) is 16.7 Å². The van der Waals surface area contributed by atoms with Gasteiger partial charge in [-0.25, -0.2) is 0 Å². The lowest BCUT2D eigenvalue weighted by Crippen LogP contribution is -2.28. The minimum absolute atomic E-state index is 0.0457. The van der Waals surface area contributed by atoms with E-state index in [1.807, 2.05) is 32.9 Å². The Balaban J connectivity index is 1.57. The highest BCUT2D eigenvalue weighted by molar-refractivity contribution is 9.10. The SMILES string of the molecule is Cc1ccc(C)c(C(C)NC(=O)Cc2ccc(NC(=O)c3ccc(Br)o3)cc2)c1. The molecule has 3 aromatic rings. The summed E-state index contributed by atoms with van der Waals surface area (Å²) in [6, 6.07) is 16.6. The van der Waals surface area contributed by atoms with Crippen LogP contribution < -0.4 is 10.6 Å². The van der Waals surface area contributed by atoms with Gasteiger partial charge in [0, 0.05) is 5.69 Å². The molecule has 0 bridgehead atoms. The number of halogens is 1. The molecule has 0 aliphatic rings. The highest BCUT2D eigenvalue weighted by Gasteiger charge is 2.13. The molecule has 1 heterocycles. The van der Waals surface area contributed by atoms with Gasteiger partial charge in [0.15, 0.2) is 10.4 Å². The van der Waals surface area contributed by atoms with Crippen molar-refractivity contribution in [2.45, 2.75) is 33.2 Å². The number of carbonyl (C=O) groups excluding carboxylic acids is 2. The standard InChI is InChI=1S/C23H23BrN2O3/c1-14-4-5-15(2)19(12-14)16(3)25-22(27)13-17-6-8-18(9-7-17)26-23(28)20-10-11-21(24)29-20/h4-12,16H,13H2,1-3H3,(H,25,27)(H,26,28). The quantitative estimate of drug-likeness (QED) is 0.528. The van der Waals surface area contributed by atoms with Crippen LogP contribution in [-0.4, -0.2) is 11.8 Å². The van der Waals surface area contributed by atoms with Crippen molar-refractivity contribution in [1.82, 2.24) is 5.32 Å². The number of amides is 2. The molecule has 1 atom stereocenters. The van der Waals surface area contributed by atoms with Gasteiger partial charge < -0.3 is 15.1 Å². The molecule has 5 nitrogen and oxygen atoms in total. The second-order valence-corrected chi connectivity index (χ2v) is 7.86. The van der Waals surface area contributed by atoms with Crippen LogP contribution in [0, 0.1) is 13.8 Å². The van der Waals surface area contributed by atoms with Crippen LogP contribution in [0.5, 0.6) is 0 Å². The fraction of sp³-hybridized carbons (Fsp3) is 0.217. The van der Waals surface area contributed by atoms with Gasteiger partial charge >= 0.3 is 0 Å². The monoisotopic (exact) mass is 454 g/mol. The van der Waals surface area contributed by atoms with E-state index < -0.39 is 0 Å². The topological polar surface area (TPSA) is 71.3 Å². The molecule has 1 unspecified atom stereocenters. The molecule has 0 saturated heterocycles. The number of anilines is 1. The normalized spacial score (nSPS) is 11.7. The van der Waals surface area contributed by atoms with Crippen molar-refractivity contribution in [2.75, 3.05) is 5.32 Å². The van der Waals surface area contributed by atoms with Gasteiger partial charge in [0.1, 0.15) is 0 Å². The number of hydrogen-bond acceptors (Lipinski definition) is 3. The predicted octanol–water partition coefficient (Wildman–Crippen LogP) is 5.33. The third-order valence-corrected chi connectivity index (χ3v) is 5.08. The second-order valence-electron chi connectivity index (χ2n) is 7.08. The molecule has 0 aliphatic heterocycles. The first-order valence-corrected chi connectivity index (χ1v) is 10.1. The summed E-state index contributed by atoms with van der Waals surface area (Å²) in [6.07, 6.45) is 0.272. The van der Waals surface area contributed by atoms with Crippen molar-refractivity contribution in [1.29, 1.82) is 0 Å². The van der Waals surface area contributed by atoms with Crippen LogP contribution in [0.2, 0.25) is 0 Å². The van der Waals surface area contributed by atoms with Crippen LogP contribution in [-0.2, 0) is 11.2 Å². The number of aryl methyl sites for hydroxylation is 2. The highest BCUT2D eigenvalue weighted by Crippen LogP contribution is 2.20. The molecular weight excluding hydrogens is 432 g/mol. The number of nitrogens with one attached hydrogen (secondary N) is 2. The number of hydrogen-bond donors (Lipinski definition) is 2. The van der Waals surface area contributed by atoms with E-state index in [1.54, 1.807) is 24.3 Å². The molecule has 2 aromatic carbocycles. The van der Waals surface area contributed by atoms with Crippen LogP contribution in [0.1, 0.15) is 45.8 Å². The van der Waals surface area contributed by atoms with Crippen LogP contribution in [0.25, 0.3) is 0 Å². The van der Waals surface area contributed by atoms with E-state index in [9.17, 15) is 9.59 Å². The molecule has 0 saturated carbocycles. The van der Waals surface area contributed by atoms with Crippen LogP contribution in [0.4, 0.5) is 5.69 Å². The summed E-state index contributed by atoms with van der Waals surface area (Å²) in [4.78, 5) is 24.6. The third-order valence-electron chi connectivity index (χ3n) is 4.65. The minimum Gasteiger partial charge on any atom is -0.444 e. The summed E-state index contributed by atoms with van der Waals surface area (Å²) in [5.74, 6) is -0.153. The minimum atomic E-state index is -0.330. The number of carbonyl (C=O) groups is 2. The summed E-state index contributed by atoms with van der Waals surface area (Å²) in [5.41, 5.74) is 4.96. The van der Waals surface area contributed by atoms with E-state index in [0.29, 0.717) is 10.4 Å². The molecule has 6 heteroatoms. The Labute approximate surface area is 178 Å². The number of benzene rings is 2. The number of rotatable bonds is 6. The Morgan fingerprint density at radius 2 is 1.76 bits per heavy atom. The van der Waals surface area contributed by atoms with Gasteiger partial charge in [-0.3, -0.25) is 9.59 Å². The molecule has 0 radical (unpaired) electrons. The zero-order valence-corrected chi connectivity index (χ0v) is 18.2. The zero-order chi connectivity index (χ0) is 21.0. The fourth-order valence-corrected chi connectivity index (χ4v) is 3.42. The molecule has 2 amide bonds. The molecule has 29 heavy (non-hydrogen) atoms. The first kappa shape index (κ1) is 20.9. The summed E-state index contributed by atoms with van der Waals surface area (Å²) in [6.45, 7) is 6.08. The van der Waals surface area contributed by atoms with E-state index in [4.69, 9.17) is 4.42 Å². The number of furan rings is 1. The Hall–Kier alpha value is -2.86. The summed E-state index contributed by atoms with van der Waals surface area (Å²) in [7, 11) is 0. The zero-order valence-electron chi connectivity index (χ0n) is 16.6. The fourth-order valence-electron chi connectivity index (χ4n) is 3.12. The maximum absolute atomic E-state index is 12.4. The molecule has 0 fully saturated rings. The third kappa shape index (κ3) is 5.57. The van der Waals surface area contributed by atoms with Crippen LogP contribution >= 0.6 is 15.9 Å². The van der Waals surface area contributed by atoms with Crippen molar-refractivity contribution in [3.8, 4) is 0 Å². The Bertz CT molecular complexity index is 1020. The van der Waals surface area contributed by atoms with Crippen molar-refractivity contribution >= 4 is 33.4 Å². The molecule has 1 aromatic heterocycles. The van der Waals surface area contributed by atoms with Gasteiger partial charge in [-0.05, 0) is 77.7 Å². The van der Waals surface area contributed by atoms with Gasteiger partial charge in [-0.15, -0.1) is 0 Å². The lowest BCUT2D eigenvalue weighted by Gasteiger charge is -2.17. The summed E-state index contributed by atoms with van der Waals surface area (Å²) >= 11 is 3.17. The maximum Gasteiger partial charge on any atom is 0.291 e. The lowest BCUT2D eigenvalue weighted by molar-refractivity contribution is -0.121. The largest absolute Gasteiger partial charge is 0.444 e. The van der Waals surface area contributed by atoms with Crippen LogP contribution in [0.3, 0.4) is 0 Å². The second kappa shape index (κ2) is 9.09.